The van der Waals surface area contributed by atoms with Crippen LogP contribution in [-0.4, -0.2) is 11.6 Å². The van der Waals surface area contributed by atoms with Gasteiger partial charge in [0.2, 0.25) is 0 Å². The molecule has 0 amide bonds. The molecule has 1 aromatic rings. The first-order valence-corrected chi connectivity index (χ1v) is 5.37. The maximum absolute atomic E-state index is 11.2. The van der Waals surface area contributed by atoms with Crippen LogP contribution in [-0.2, 0) is 16.0 Å². The van der Waals surface area contributed by atoms with Crippen LogP contribution in [0.2, 0.25) is 0 Å². The van der Waals surface area contributed by atoms with Crippen LogP contribution in [0.1, 0.15) is 31.9 Å². The highest BCUT2D eigenvalue weighted by Crippen LogP contribution is 2.11. The SMILES string of the molecule is CCc1ccc(C=C(C(C)=O)C(C)=O)cc1. The zero-order valence-corrected chi connectivity index (χ0v) is 9.91. The van der Waals surface area contributed by atoms with E-state index in [4.69, 9.17) is 0 Å². The van der Waals surface area contributed by atoms with Gasteiger partial charge in [0.15, 0.2) is 11.6 Å². The third-order valence-electron chi connectivity index (χ3n) is 2.46. The highest BCUT2D eigenvalue weighted by molar-refractivity contribution is 6.21. The number of carbonyl (C=O) groups excluding carboxylic acids is 2. The van der Waals surface area contributed by atoms with Crippen LogP contribution >= 0.6 is 0 Å². The summed E-state index contributed by atoms with van der Waals surface area (Å²) in [5.41, 5.74) is 2.38. The van der Waals surface area contributed by atoms with Crippen LogP contribution in [0.15, 0.2) is 29.8 Å². The molecule has 1 aromatic carbocycles. The Morgan fingerprint density at radius 2 is 1.56 bits per heavy atom. The number of ketones is 2. The first kappa shape index (κ1) is 12.4. The van der Waals surface area contributed by atoms with E-state index in [2.05, 4.69) is 6.92 Å². The van der Waals surface area contributed by atoms with E-state index in [0.717, 1.165) is 12.0 Å². The van der Waals surface area contributed by atoms with E-state index in [9.17, 15) is 9.59 Å². The fourth-order valence-electron chi connectivity index (χ4n) is 1.47. The van der Waals surface area contributed by atoms with Crippen molar-refractivity contribution in [2.24, 2.45) is 0 Å². The fraction of sp³-hybridized carbons (Fsp3) is 0.286. The van der Waals surface area contributed by atoms with Gasteiger partial charge in [-0.1, -0.05) is 31.2 Å². The second-order valence-corrected chi connectivity index (χ2v) is 3.77. The summed E-state index contributed by atoms with van der Waals surface area (Å²) >= 11 is 0. The van der Waals surface area contributed by atoms with Crippen LogP contribution in [0.3, 0.4) is 0 Å². The Bertz CT molecular complexity index is 409. The molecule has 0 heterocycles. The van der Waals surface area contributed by atoms with E-state index in [0.29, 0.717) is 0 Å². The molecule has 2 heteroatoms. The van der Waals surface area contributed by atoms with Gasteiger partial charge in [-0.3, -0.25) is 9.59 Å². The second-order valence-electron chi connectivity index (χ2n) is 3.77. The van der Waals surface area contributed by atoms with Gasteiger partial charge in [0, 0.05) is 0 Å². The van der Waals surface area contributed by atoms with Crippen molar-refractivity contribution >= 4 is 17.6 Å². The van der Waals surface area contributed by atoms with E-state index in [1.54, 1.807) is 6.08 Å². The van der Waals surface area contributed by atoms with E-state index in [1.807, 2.05) is 24.3 Å². The number of aryl methyl sites for hydroxylation is 1. The zero-order chi connectivity index (χ0) is 12.1. The van der Waals surface area contributed by atoms with Crippen molar-refractivity contribution in [3.63, 3.8) is 0 Å². The third-order valence-corrected chi connectivity index (χ3v) is 2.46. The number of Topliss-reactive ketones (excluding diaryl/α,β-unsaturated/α-hetero) is 2. The van der Waals surface area contributed by atoms with Crippen molar-refractivity contribution in [2.45, 2.75) is 27.2 Å². The lowest BCUT2D eigenvalue weighted by molar-refractivity contribution is -0.119. The topological polar surface area (TPSA) is 34.1 Å². The molecule has 1 rings (SSSR count). The lowest BCUT2D eigenvalue weighted by Crippen LogP contribution is -2.05. The van der Waals surface area contributed by atoms with E-state index in [-0.39, 0.29) is 17.1 Å². The van der Waals surface area contributed by atoms with Crippen LogP contribution in [0.4, 0.5) is 0 Å². The molecule has 2 nitrogen and oxygen atoms in total. The Labute approximate surface area is 96.0 Å². The van der Waals surface area contributed by atoms with E-state index in [1.165, 1.54) is 19.4 Å². The number of benzene rings is 1. The van der Waals surface area contributed by atoms with E-state index >= 15 is 0 Å². The summed E-state index contributed by atoms with van der Waals surface area (Å²) in [7, 11) is 0. The molecule has 0 fully saturated rings. The van der Waals surface area contributed by atoms with E-state index < -0.39 is 0 Å². The summed E-state index contributed by atoms with van der Waals surface area (Å²) in [4.78, 5) is 22.4. The Balaban J connectivity index is 3.04. The molecule has 16 heavy (non-hydrogen) atoms. The number of carbonyl (C=O) groups is 2. The molecule has 0 radical (unpaired) electrons. The standard InChI is InChI=1S/C14H16O2/c1-4-12-5-7-13(8-6-12)9-14(10(2)15)11(3)16/h5-9H,4H2,1-3H3. The molecular formula is C14H16O2. The minimum absolute atomic E-state index is 0.188. The molecule has 0 N–H and O–H groups in total. The summed E-state index contributed by atoms with van der Waals surface area (Å²) in [5, 5.41) is 0. The van der Waals surface area contributed by atoms with Crippen molar-refractivity contribution in [2.75, 3.05) is 0 Å². The summed E-state index contributed by atoms with van der Waals surface area (Å²) in [5.74, 6) is -0.376. The van der Waals surface area contributed by atoms with Crippen LogP contribution < -0.4 is 0 Å². The molecule has 0 saturated carbocycles. The van der Waals surface area contributed by atoms with Crippen LogP contribution in [0.25, 0.3) is 6.08 Å². The Morgan fingerprint density at radius 3 is 1.94 bits per heavy atom. The van der Waals surface area contributed by atoms with Crippen molar-refractivity contribution in [1.82, 2.24) is 0 Å². The van der Waals surface area contributed by atoms with Gasteiger partial charge < -0.3 is 0 Å². The van der Waals surface area contributed by atoms with Crippen LogP contribution in [0.5, 0.6) is 0 Å². The zero-order valence-electron chi connectivity index (χ0n) is 9.91. The molecule has 0 atom stereocenters. The minimum Gasteiger partial charge on any atom is -0.294 e. The van der Waals surface area contributed by atoms with Gasteiger partial charge in [-0.2, -0.15) is 0 Å². The highest BCUT2D eigenvalue weighted by atomic mass is 16.1. The number of hydrogen-bond donors (Lipinski definition) is 0. The number of rotatable bonds is 4. The Hall–Kier alpha value is -1.70. The quantitative estimate of drug-likeness (QED) is 0.440. The summed E-state index contributed by atoms with van der Waals surface area (Å²) in [6, 6.07) is 7.85. The van der Waals surface area contributed by atoms with Crippen molar-refractivity contribution in [3.8, 4) is 0 Å². The molecule has 84 valence electrons. The first-order valence-electron chi connectivity index (χ1n) is 5.37. The van der Waals surface area contributed by atoms with Gasteiger partial charge >= 0.3 is 0 Å². The number of allylic oxidation sites excluding steroid dienone is 1. The highest BCUT2D eigenvalue weighted by Gasteiger charge is 2.08. The molecule has 0 saturated heterocycles. The Kier molecular flexibility index (Phi) is 4.18. The van der Waals surface area contributed by atoms with Gasteiger partial charge in [-0.05, 0) is 37.5 Å². The molecular weight excluding hydrogens is 200 g/mol. The van der Waals surface area contributed by atoms with Gasteiger partial charge in [-0.25, -0.2) is 0 Å². The molecule has 0 unspecified atom stereocenters. The summed E-state index contributed by atoms with van der Waals surface area (Å²) < 4.78 is 0. The first-order chi connectivity index (χ1) is 7.54. The lowest BCUT2D eigenvalue weighted by Gasteiger charge is -2.00. The predicted molar refractivity (Wildman–Crippen MR) is 65.2 cm³/mol. The van der Waals surface area contributed by atoms with Crippen molar-refractivity contribution in [3.05, 3.63) is 41.0 Å². The number of hydrogen-bond acceptors (Lipinski definition) is 2. The second kappa shape index (κ2) is 5.40. The normalized spacial score (nSPS) is 9.69. The molecule has 0 aromatic heterocycles. The minimum atomic E-state index is -0.188. The van der Waals surface area contributed by atoms with Crippen molar-refractivity contribution < 1.29 is 9.59 Å². The molecule has 0 aliphatic rings. The maximum Gasteiger partial charge on any atom is 0.163 e. The molecule has 0 aliphatic heterocycles. The summed E-state index contributed by atoms with van der Waals surface area (Å²) in [6.07, 6.45) is 2.63. The van der Waals surface area contributed by atoms with Gasteiger partial charge in [0.05, 0.1) is 5.57 Å². The third kappa shape index (κ3) is 3.16. The monoisotopic (exact) mass is 216 g/mol. The lowest BCUT2D eigenvalue weighted by atomic mass is 10.0. The predicted octanol–water partition coefficient (Wildman–Crippen LogP) is 2.81. The van der Waals surface area contributed by atoms with Gasteiger partial charge in [0.25, 0.3) is 0 Å². The molecule has 0 spiro atoms. The average molecular weight is 216 g/mol. The summed E-state index contributed by atoms with van der Waals surface area (Å²) in [6.45, 7) is 4.91. The molecule has 0 aliphatic carbocycles. The van der Waals surface area contributed by atoms with Gasteiger partial charge in [0.1, 0.15) is 0 Å². The van der Waals surface area contributed by atoms with Gasteiger partial charge in [-0.15, -0.1) is 0 Å². The smallest absolute Gasteiger partial charge is 0.163 e. The Morgan fingerprint density at radius 1 is 1.06 bits per heavy atom. The largest absolute Gasteiger partial charge is 0.294 e. The fourth-order valence-corrected chi connectivity index (χ4v) is 1.47. The van der Waals surface area contributed by atoms with Crippen molar-refractivity contribution in [1.29, 1.82) is 0 Å². The average Bonchev–Trinajstić information content (AvgIpc) is 2.25. The maximum atomic E-state index is 11.2. The molecule has 0 bridgehead atoms. The van der Waals surface area contributed by atoms with Crippen LogP contribution in [0, 0.1) is 0 Å².